The van der Waals surface area contributed by atoms with Gasteiger partial charge in [0, 0.05) is 4.88 Å². The van der Waals surface area contributed by atoms with Gasteiger partial charge in [-0.25, -0.2) is 15.0 Å². The molecule has 0 aliphatic carbocycles. The van der Waals surface area contributed by atoms with Crippen LogP contribution < -0.4 is 14.8 Å². The van der Waals surface area contributed by atoms with Gasteiger partial charge >= 0.3 is 6.18 Å². The van der Waals surface area contributed by atoms with Crippen LogP contribution in [-0.4, -0.2) is 35.1 Å². The first-order chi connectivity index (χ1) is 11.3. The molecule has 0 fully saturated rings. The van der Waals surface area contributed by atoms with Gasteiger partial charge in [-0.1, -0.05) is 6.92 Å². The Balaban J connectivity index is 2.36. The maximum atomic E-state index is 12.9. The van der Waals surface area contributed by atoms with E-state index >= 15 is 0 Å². The number of carbonyl (C=O) groups is 1. The van der Waals surface area contributed by atoms with Crippen LogP contribution in [0.3, 0.4) is 0 Å². The highest BCUT2D eigenvalue weighted by Gasteiger charge is 2.37. The van der Waals surface area contributed by atoms with E-state index in [1.54, 1.807) is 6.92 Å². The quantitative estimate of drug-likeness (QED) is 0.880. The minimum atomic E-state index is -4.59. The third kappa shape index (κ3) is 3.55. The molecule has 1 N–H and O–H groups in total. The number of ether oxygens (including phenoxy) is 2. The van der Waals surface area contributed by atoms with Crippen molar-refractivity contribution >= 4 is 22.4 Å². The van der Waals surface area contributed by atoms with Crippen molar-refractivity contribution in [2.75, 3.05) is 19.5 Å². The summed E-state index contributed by atoms with van der Waals surface area (Å²) in [6.45, 7) is 1.57. The van der Waals surface area contributed by atoms with Crippen LogP contribution in [0.5, 0.6) is 11.8 Å². The fourth-order valence-corrected chi connectivity index (χ4v) is 2.80. The zero-order chi connectivity index (χ0) is 17.9. The van der Waals surface area contributed by atoms with Crippen molar-refractivity contribution in [3.63, 3.8) is 0 Å². The van der Waals surface area contributed by atoms with Crippen LogP contribution in [0.4, 0.5) is 18.3 Å². The van der Waals surface area contributed by atoms with E-state index in [9.17, 15) is 18.0 Å². The second-order valence-electron chi connectivity index (χ2n) is 4.36. The van der Waals surface area contributed by atoms with Gasteiger partial charge in [-0.05, 0) is 6.42 Å². The fraction of sp³-hybridized carbons (Fsp3) is 0.385. The molecule has 130 valence electrons. The fourth-order valence-electron chi connectivity index (χ4n) is 1.88. The lowest BCUT2D eigenvalue weighted by Crippen LogP contribution is -2.16. The molecular weight excluding hydrogens is 349 g/mol. The van der Waals surface area contributed by atoms with Crippen LogP contribution in [0.2, 0.25) is 0 Å². The van der Waals surface area contributed by atoms with Crippen molar-refractivity contribution in [1.82, 2.24) is 15.0 Å². The summed E-state index contributed by atoms with van der Waals surface area (Å²) in [5.74, 6) is -0.917. The van der Waals surface area contributed by atoms with E-state index in [-0.39, 0.29) is 33.8 Å². The Morgan fingerprint density at radius 1 is 1.25 bits per heavy atom. The Kier molecular flexibility index (Phi) is 5.22. The Morgan fingerprint density at radius 2 is 1.83 bits per heavy atom. The predicted octanol–water partition coefficient (Wildman–Crippen LogP) is 2.78. The summed E-state index contributed by atoms with van der Waals surface area (Å²) in [7, 11) is 2.58. The number of anilines is 1. The van der Waals surface area contributed by atoms with Crippen molar-refractivity contribution in [3.05, 3.63) is 22.5 Å². The number of hydrogen-bond acceptors (Lipinski definition) is 7. The van der Waals surface area contributed by atoms with Gasteiger partial charge in [0.25, 0.3) is 5.91 Å². The van der Waals surface area contributed by atoms with Crippen LogP contribution in [0.25, 0.3) is 0 Å². The van der Waals surface area contributed by atoms with Crippen molar-refractivity contribution < 1.29 is 27.4 Å². The van der Waals surface area contributed by atoms with Crippen LogP contribution in [0, 0.1) is 0 Å². The second kappa shape index (κ2) is 6.99. The van der Waals surface area contributed by atoms with E-state index in [4.69, 9.17) is 9.47 Å². The number of methoxy groups -OCH3 is 2. The lowest BCUT2D eigenvalue weighted by molar-refractivity contribution is -0.141. The Bertz CT molecular complexity index is 726. The SMILES string of the molecule is CCc1sc(NC(=O)c2c(OC)ncnc2OC)nc1C(F)(F)F. The monoisotopic (exact) mass is 362 g/mol. The molecule has 2 aromatic heterocycles. The zero-order valence-electron chi connectivity index (χ0n) is 12.9. The lowest BCUT2D eigenvalue weighted by Gasteiger charge is -2.09. The number of aromatic nitrogens is 3. The van der Waals surface area contributed by atoms with Gasteiger partial charge in [0.2, 0.25) is 11.8 Å². The minimum Gasteiger partial charge on any atom is -0.480 e. The Hall–Kier alpha value is -2.43. The lowest BCUT2D eigenvalue weighted by atomic mass is 10.3. The first-order valence-electron chi connectivity index (χ1n) is 6.63. The molecule has 0 atom stereocenters. The molecule has 0 aliphatic rings. The first-order valence-corrected chi connectivity index (χ1v) is 7.44. The number of halogens is 3. The van der Waals surface area contributed by atoms with Gasteiger partial charge in [0.05, 0.1) is 14.2 Å². The average Bonchev–Trinajstić information content (AvgIpc) is 2.97. The van der Waals surface area contributed by atoms with E-state index in [0.717, 1.165) is 17.7 Å². The van der Waals surface area contributed by atoms with Crippen LogP contribution in [0.15, 0.2) is 6.33 Å². The number of hydrogen-bond donors (Lipinski definition) is 1. The molecule has 0 spiro atoms. The summed E-state index contributed by atoms with van der Waals surface area (Å²) in [4.78, 5) is 23.4. The number of nitrogens with zero attached hydrogens (tertiary/aromatic N) is 3. The largest absolute Gasteiger partial charge is 0.480 e. The molecule has 7 nitrogen and oxygen atoms in total. The molecule has 0 aliphatic heterocycles. The molecule has 0 saturated heterocycles. The van der Waals surface area contributed by atoms with E-state index in [1.165, 1.54) is 14.2 Å². The Morgan fingerprint density at radius 3 is 2.25 bits per heavy atom. The van der Waals surface area contributed by atoms with Crippen molar-refractivity contribution in [2.45, 2.75) is 19.5 Å². The second-order valence-corrected chi connectivity index (χ2v) is 5.45. The molecular formula is C13H13F3N4O3S. The predicted molar refractivity (Wildman–Crippen MR) is 79.6 cm³/mol. The minimum absolute atomic E-state index is 0.0287. The molecule has 0 aromatic carbocycles. The topological polar surface area (TPSA) is 86.2 Å². The average molecular weight is 362 g/mol. The van der Waals surface area contributed by atoms with Crippen LogP contribution >= 0.6 is 11.3 Å². The highest BCUT2D eigenvalue weighted by Crippen LogP contribution is 2.36. The van der Waals surface area contributed by atoms with Gasteiger partial charge in [-0.15, -0.1) is 11.3 Å². The number of thiazole rings is 1. The first kappa shape index (κ1) is 17.9. The number of carbonyl (C=O) groups excluding carboxylic acids is 1. The van der Waals surface area contributed by atoms with Gasteiger partial charge < -0.3 is 9.47 Å². The number of aryl methyl sites for hydroxylation is 1. The molecule has 0 saturated carbocycles. The molecule has 0 unspecified atom stereocenters. The van der Waals surface area contributed by atoms with E-state index < -0.39 is 17.8 Å². The summed E-state index contributed by atoms with van der Waals surface area (Å²) in [6.07, 6.45) is -3.31. The maximum absolute atomic E-state index is 12.9. The van der Waals surface area contributed by atoms with E-state index in [1.807, 2.05) is 0 Å². The normalized spacial score (nSPS) is 11.2. The molecule has 1 amide bonds. The van der Waals surface area contributed by atoms with Gasteiger partial charge in [-0.2, -0.15) is 13.2 Å². The third-order valence-electron chi connectivity index (χ3n) is 2.90. The molecule has 2 heterocycles. The number of amides is 1. The third-order valence-corrected chi connectivity index (χ3v) is 4.01. The number of alkyl halides is 3. The van der Waals surface area contributed by atoms with E-state index in [2.05, 4.69) is 20.3 Å². The molecule has 0 bridgehead atoms. The number of nitrogens with one attached hydrogen (secondary N) is 1. The summed E-state index contributed by atoms with van der Waals surface area (Å²) < 4.78 is 48.7. The summed E-state index contributed by atoms with van der Waals surface area (Å²) >= 11 is 0.751. The highest BCUT2D eigenvalue weighted by atomic mass is 32.1. The van der Waals surface area contributed by atoms with Gasteiger partial charge in [-0.3, -0.25) is 10.1 Å². The van der Waals surface area contributed by atoms with Crippen molar-refractivity contribution in [1.29, 1.82) is 0 Å². The molecule has 11 heteroatoms. The van der Waals surface area contributed by atoms with Crippen molar-refractivity contribution in [2.24, 2.45) is 0 Å². The van der Waals surface area contributed by atoms with Gasteiger partial charge in [0.15, 0.2) is 16.4 Å². The molecule has 24 heavy (non-hydrogen) atoms. The Labute approximate surface area is 138 Å². The van der Waals surface area contributed by atoms with Crippen LogP contribution in [0.1, 0.15) is 27.9 Å². The summed E-state index contributed by atoms with van der Waals surface area (Å²) in [5, 5.41) is 2.12. The van der Waals surface area contributed by atoms with Crippen LogP contribution in [-0.2, 0) is 12.6 Å². The van der Waals surface area contributed by atoms with Crippen molar-refractivity contribution in [3.8, 4) is 11.8 Å². The molecule has 2 rings (SSSR count). The smallest absolute Gasteiger partial charge is 0.434 e. The highest BCUT2D eigenvalue weighted by molar-refractivity contribution is 7.15. The zero-order valence-corrected chi connectivity index (χ0v) is 13.7. The van der Waals surface area contributed by atoms with Gasteiger partial charge in [0.1, 0.15) is 6.33 Å². The summed E-state index contributed by atoms with van der Waals surface area (Å²) in [6, 6.07) is 0. The molecule has 2 aromatic rings. The molecule has 0 radical (unpaired) electrons. The maximum Gasteiger partial charge on any atom is 0.434 e. The van der Waals surface area contributed by atoms with E-state index in [0.29, 0.717) is 0 Å². The standard InChI is InChI=1S/C13H13F3N4O3S/c1-4-6-8(13(14,15)16)19-12(24-6)20-9(21)7-10(22-2)17-5-18-11(7)23-3/h5H,4H2,1-3H3,(H,19,20,21). The number of rotatable bonds is 5. The summed E-state index contributed by atoms with van der Waals surface area (Å²) in [5.41, 5.74) is -1.14.